The standard InChI is InChI=1S/C17H10F4O/c18-16-10-13(8-12-4-1-2-7-15(12)16)11-5-3-6-14(9-11)22-17(19,20)21/h1-10H. The predicted octanol–water partition coefficient (Wildman–Crippen LogP) is 5.54. The molecule has 0 aromatic heterocycles. The SMILES string of the molecule is Fc1cc(-c2cccc(OC(F)(F)F)c2)cc2ccccc12. The van der Waals surface area contributed by atoms with E-state index in [1.807, 2.05) is 0 Å². The van der Waals surface area contributed by atoms with Gasteiger partial charge in [0, 0.05) is 5.39 Å². The minimum absolute atomic E-state index is 0.335. The number of halogens is 4. The number of rotatable bonds is 2. The van der Waals surface area contributed by atoms with Crippen LogP contribution in [0.1, 0.15) is 0 Å². The van der Waals surface area contributed by atoms with Gasteiger partial charge in [0.15, 0.2) is 0 Å². The summed E-state index contributed by atoms with van der Waals surface area (Å²) in [6.07, 6.45) is -4.76. The van der Waals surface area contributed by atoms with Gasteiger partial charge < -0.3 is 4.74 Å². The van der Waals surface area contributed by atoms with E-state index >= 15 is 0 Å². The molecular formula is C17H10F4O. The first-order chi connectivity index (χ1) is 10.4. The van der Waals surface area contributed by atoms with Gasteiger partial charge in [-0.05, 0) is 40.8 Å². The minimum Gasteiger partial charge on any atom is -0.406 e. The molecule has 0 fully saturated rings. The van der Waals surface area contributed by atoms with E-state index in [1.165, 1.54) is 24.3 Å². The van der Waals surface area contributed by atoms with Crippen molar-refractivity contribution in [1.82, 2.24) is 0 Å². The molecule has 0 radical (unpaired) electrons. The molecule has 112 valence electrons. The fraction of sp³-hybridized carbons (Fsp3) is 0.0588. The molecule has 0 heterocycles. The summed E-state index contributed by atoms with van der Waals surface area (Å²) in [6, 6.07) is 15.4. The van der Waals surface area contributed by atoms with Gasteiger partial charge in [0.1, 0.15) is 11.6 Å². The van der Waals surface area contributed by atoms with E-state index in [2.05, 4.69) is 4.74 Å². The van der Waals surface area contributed by atoms with Crippen molar-refractivity contribution in [2.75, 3.05) is 0 Å². The largest absolute Gasteiger partial charge is 0.573 e. The summed E-state index contributed by atoms with van der Waals surface area (Å²) >= 11 is 0. The van der Waals surface area contributed by atoms with Crippen molar-refractivity contribution in [3.05, 3.63) is 66.5 Å². The molecule has 1 nitrogen and oxygen atoms in total. The van der Waals surface area contributed by atoms with Gasteiger partial charge in [0.2, 0.25) is 0 Å². The molecule has 0 saturated heterocycles. The maximum Gasteiger partial charge on any atom is 0.573 e. The summed E-state index contributed by atoms with van der Waals surface area (Å²) in [4.78, 5) is 0. The van der Waals surface area contributed by atoms with Crippen LogP contribution in [0.5, 0.6) is 5.75 Å². The second-order valence-corrected chi connectivity index (χ2v) is 4.75. The number of hydrogen-bond donors (Lipinski definition) is 0. The molecule has 5 heteroatoms. The zero-order valence-corrected chi connectivity index (χ0v) is 11.2. The quantitative estimate of drug-likeness (QED) is 0.564. The van der Waals surface area contributed by atoms with Gasteiger partial charge >= 0.3 is 6.36 Å². The molecule has 0 atom stereocenters. The van der Waals surface area contributed by atoms with E-state index in [1.54, 1.807) is 36.4 Å². The molecule has 3 aromatic carbocycles. The maximum absolute atomic E-state index is 14.1. The van der Waals surface area contributed by atoms with Crippen LogP contribution in [0.15, 0.2) is 60.7 Å². The lowest BCUT2D eigenvalue weighted by Gasteiger charge is -2.11. The van der Waals surface area contributed by atoms with Crippen molar-refractivity contribution in [3.8, 4) is 16.9 Å². The lowest BCUT2D eigenvalue weighted by molar-refractivity contribution is -0.274. The predicted molar refractivity (Wildman–Crippen MR) is 76.0 cm³/mol. The van der Waals surface area contributed by atoms with Crippen LogP contribution in [-0.4, -0.2) is 6.36 Å². The van der Waals surface area contributed by atoms with E-state index in [9.17, 15) is 17.6 Å². The minimum atomic E-state index is -4.76. The molecule has 0 unspecified atom stereocenters. The second kappa shape index (κ2) is 5.33. The van der Waals surface area contributed by atoms with Gasteiger partial charge in [0.25, 0.3) is 0 Å². The van der Waals surface area contributed by atoms with E-state index in [-0.39, 0.29) is 5.75 Å². The highest BCUT2D eigenvalue weighted by Crippen LogP contribution is 2.30. The van der Waals surface area contributed by atoms with Gasteiger partial charge in [0.05, 0.1) is 0 Å². The van der Waals surface area contributed by atoms with Crippen LogP contribution in [0, 0.1) is 5.82 Å². The van der Waals surface area contributed by atoms with E-state index < -0.39 is 12.2 Å². The number of fused-ring (bicyclic) bond motifs is 1. The lowest BCUT2D eigenvalue weighted by Crippen LogP contribution is -2.17. The highest BCUT2D eigenvalue weighted by atomic mass is 19.4. The fourth-order valence-corrected chi connectivity index (χ4v) is 2.30. The van der Waals surface area contributed by atoms with E-state index in [4.69, 9.17) is 0 Å². The molecule has 0 aliphatic heterocycles. The summed E-state index contributed by atoms with van der Waals surface area (Å²) in [5, 5.41) is 1.15. The van der Waals surface area contributed by atoms with Crippen molar-refractivity contribution >= 4 is 10.8 Å². The molecule has 0 aliphatic rings. The fourth-order valence-electron chi connectivity index (χ4n) is 2.30. The summed E-state index contributed by atoms with van der Waals surface area (Å²) in [5.41, 5.74) is 0.940. The Balaban J connectivity index is 2.06. The summed E-state index contributed by atoms with van der Waals surface area (Å²) in [6.45, 7) is 0. The first kappa shape index (κ1) is 14.4. The molecule has 22 heavy (non-hydrogen) atoms. The van der Waals surface area contributed by atoms with E-state index in [0.29, 0.717) is 21.9 Å². The Morgan fingerprint density at radius 3 is 2.32 bits per heavy atom. The number of hydrogen-bond acceptors (Lipinski definition) is 1. The van der Waals surface area contributed by atoms with Crippen LogP contribution in [0.25, 0.3) is 21.9 Å². The molecule has 0 spiro atoms. The smallest absolute Gasteiger partial charge is 0.406 e. The van der Waals surface area contributed by atoms with Gasteiger partial charge in [-0.25, -0.2) is 4.39 Å². The summed E-state index contributed by atoms with van der Waals surface area (Å²) in [7, 11) is 0. The van der Waals surface area contributed by atoms with Crippen molar-refractivity contribution < 1.29 is 22.3 Å². The molecule has 0 amide bonds. The van der Waals surface area contributed by atoms with Gasteiger partial charge in [-0.3, -0.25) is 0 Å². The highest BCUT2D eigenvalue weighted by Gasteiger charge is 2.31. The van der Waals surface area contributed by atoms with Crippen LogP contribution in [-0.2, 0) is 0 Å². The Labute approximate surface area is 123 Å². The Bertz CT molecular complexity index is 824. The molecule has 3 rings (SSSR count). The van der Waals surface area contributed by atoms with Gasteiger partial charge in [-0.2, -0.15) is 0 Å². The maximum atomic E-state index is 14.1. The van der Waals surface area contributed by atoms with Crippen LogP contribution in [0.4, 0.5) is 17.6 Å². The molecule has 0 bridgehead atoms. The monoisotopic (exact) mass is 306 g/mol. The van der Waals surface area contributed by atoms with Crippen molar-refractivity contribution in [1.29, 1.82) is 0 Å². The average molecular weight is 306 g/mol. The first-order valence-electron chi connectivity index (χ1n) is 6.47. The number of ether oxygens (including phenoxy) is 1. The average Bonchev–Trinajstić information content (AvgIpc) is 2.46. The molecule has 3 aromatic rings. The topological polar surface area (TPSA) is 9.23 Å². The third-order valence-electron chi connectivity index (χ3n) is 3.21. The van der Waals surface area contributed by atoms with Crippen molar-refractivity contribution in [3.63, 3.8) is 0 Å². The summed E-state index contributed by atoms with van der Waals surface area (Å²) < 4.78 is 54.8. The summed E-state index contributed by atoms with van der Waals surface area (Å²) in [5.74, 6) is -0.756. The third kappa shape index (κ3) is 3.03. The number of alkyl halides is 3. The van der Waals surface area contributed by atoms with E-state index in [0.717, 1.165) is 0 Å². The Hall–Kier alpha value is -2.56. The van der Waals surface area contributed by atoms with Crippen molar-refractivity contribution in [2.45, 2.75) is 6.36 Å². The van der Waals surface area contributed by atoms with Crippen LogP contribution >= 0.6 is 0 Å². The molecule has 0 aliphatic carbocycles. The Morgan fingerprint density at radius 1 is 0.773 bits per heavy atom. The lowest BCUT2D eigenvalue weighted by atomic mass is 10.0. The van der Waals surface area contributed by atoms with Crippen LogP contribution in [0.2, 0.25) is 0 Å². The van der Waals surface area contributed by atoms with Gasteiger partial charge in [-0.15, -0.1) is 13.2 Å². The molecule has 0 N–H and O–H groups in total. The zero-order chi connectivity index (χ0) is 15.7. The third-order valence-corrected chi connectivity index (χ3v) is 3.21. The normalized spacial score (nSPS) is 11.6. The second-order valence-electron chi connectivity index (χ2n) is 4.75. The van der Waals surface area contributed by atoms with Crippen molar-refractivity contribution in [2.24, 2.45) is 0 Å². The Morgan fingerprint density at radius 2 is 1.55 bits per heavy atom. The molecule has 0 saturated carbocycles. The Kier molecular flexibility index (Phi) is 3.48. The highest BCUT2D eigenvalue weighted by molar-refractivity contribution is 5.88. The zero-order valence-electron chi connectivity index (χ0n) is 11.2. The number of benzene rings is 3. The first-order valence-corrected chi connectivity index (χ1v) is 6.47. The van der Waals surface area contributed by atoms with Crippen LogP contribution in [0.3, 0.4) is 0 Å². The molecular weight excluding hydrogens is 296 g/mol. The van der Waals surface area contributed by atoms with Crippen LogP contribution < -0.4 is 4.74 Å². The van der Waals surface area contributed by atoms with Gasteiger partial charge in [-0.1, -0.05) is 36.4 Å².